The Labute approximate surface area is 182 Å². The monoisotopic (exact) mass is 423 g/mol. The Balaban J connectivity index is 1.45. The van der Waals surface area contributed by atoms with Crippen LogP contribution in [0.2, 0.25) is 0 Å². The van der Waals surface area contributed by atoms with Gasteiger partial charge in [0.05, 0.1) is 26.3 Å². The topological polar surface area (TPSA) is 79.6 Å². The molecule has 2 fully saturated rings. The van der Waals surface area contributed by atoms with Crippen molar-refractivity contribution in [3.63, 3.8) is 0 Å². The lowest BCUT2D eigenvalue weighted by Gasteiger charge is -2.29. The first-order chi connectivity index (χ1) is 15.2. The quantitative estimate of drug-likeness (QED) is 0.607. The summed E-state index contributed by atoms with van der Waals surface area (Å²) in [5.41, 5.74) is 3.31. The van der Waals surface area contributed by atoms with Crippen LogP contribution in [-0.4, -0.2) is 61.8 Å². The average Bonchev–Trinajstić information content (AvgIpc) is 3.19. The van der Waals surface area contributed by atoms with Crippen LogP contribution in [0.4, 0.5) is 11.5 Å². The van der Waals surface area contributed by atoms with Crippen molar-refractivity contribution >= 4 is 17.4 Å². The zero-order chi connectivity index (χ0) is 21.5. The van der Waals surface area contributed by atoms with E-state index in [1.54, 1.807) is 0 Å². The fourth-order valence-electron chi connectivity index (χ4n) is 3.81. The van der Waals surface area contributed by atoms with E-state index in [0.29, 0.717) is 51.0 Å². The number of anilines is 1. The lowest BCUT2D eigenvalue weighted by atomic mass is 10.1. The van der Waals surface area contributed by atoms with E-state index in [1.165, 1.54) is 5.56 Å². The molecule has 0 radical (unpaired) electrons. The molecule has 3 heterocycles. The maximum absolute atomic E-state index is 11.8. The summed E-state index contributed by atoms with van der Waals surface area (Å²) in [6.45, 7) is 7.36. The first-order valence-electron chi connectivity index (χ1n) is 10.9. The molecule has 2 aromatic rings. The van der Waals surface area contributed by atoms with E-state index in [0.717, 1.165) is 37.3 Å². The number of amides is 1. The summed E-state index contributed by atoms with van der Waals surface area (Å²) in [6.07, 6.45) is 1.56. The van der Waals surface area contributed by atoms with Gasteiger partial charge in [-0.1, -0.05) is 29.8 Å². The maximum atomic E-state index is 11.8. The second kappa shape index (κ2) is 10.3. The van der Waals surface area contributed by atoms with Crippen molar-refractivity contribution in [2.45, 2.75) is 26.3 Å². The van der Waals surface area contributed by atoms with Gasteiger partial charge in [-0.05, 0) is 18.9 Å². The van der Waals surface area contributed by atoms with E-state index in [1.807, 2.05) is 29.2 Å². The highest BCUT2D eigenvalue weighted by Gasteiger charge is 2.20. The molecule has 1 amide bonds. The van der Waals surface area contributed by atoms with Crippen molar-refractivity contribution in [2.24, 2.45) is 10.2 Å². The molecular formula is C23H29N5O3. The minimum atomic E-state index is 0.198. The normalized spacial score (nSPS) is 17.0. The minimum absolute atomic E-state index is 0.198. The SMILES string of the molecule is Cc1cccc(CN=Nc2cc(N3CCOCC3)cc(OCCN3CCCC3=O)n2)c1. The van der Waals surface area contributed by atoms with Crippen molar-refractivity contribution in [3.05, 3.63) is 47.5 Å². The van der Waals surface area contributed by atoms with Crippen molar-refractivity contribution in [3.8, 4) is 5.88 Å². The van der Waals surface area contributed by atoms with Gasteiger partial charge >= 0.3 is 0 Å². The Hall–Kier alpha value is -3.00. The summed E-state index contributed by atoms with van der Waals surface area (Å²) in [5.74, 6) is 1.22. The fourth-order valence-corrected chi connectivity index (χ4v) is 3.81. The van der Waals surface area contributed by atoms with Gasteiger partial charge in [0.2, 0.25) is 11.8 Å². The number of hydrogen-bond donors (Lipinski definition) is 0. The molecule has 8 nitrogen and oxygen atoms in total. The Morgan fingerprint density at radius 2 is 2.03 bits per heavy atom. The van der Waals surface area contributed by atoms with E-state index in [2.05, 4.69) is 39.2 Å². The Morgan fingerprint density at radius 1 is 1.16 bits per heavy atom. The van der Waals surface area contributed by atoms with Crippen LogP contribution in [0.1, 0.15) is 24.0 Å². The summed E-state index contributed by atoms with van der Waals surface area (Å²) >= 11 is 0. The van der Waals surface area contributed by atoms with Gasteiger partial charge in [0.1, 0.15) is 6.61 Å². The third kappa shape index (κ3) is 6.01. The largest absolute Gasteiger partial charge is 0.476 e. The fraction of sp³-hybridized carbons (Fsp3) is 0.478. The number of ether oxygens (including phenoxy) is 2. The number of rotatable bonds is 8. The highest BCUT2D eigenvalue weighted by Crippen LogP contribution is 2.26. The molecule has 2 saturated heterocycles. The number of azo groups is 1. The molecule has 1 aromatic carbocycles. The predicted molar refractivity (Wildman–Crippen MR) is 118 cm³/mol. The number of likely N-dealkylation sites (tertiary alicyclic amines) is 1. The van der Waals surface area contributed by atoms with Crippen LogP contribution >= 0.6 is 0 Å². The molecule has 1 aromatic heterocycles. The van der Waals surface area contributed by atoms with Gasteiger partial charge in [0.25, 0.3) is 0 Å². The van der Waals surface area contributed by atoms with E-state index in [4.69, 9.17) is 9.47 Å². The first kappa shape index (κ1) is 21.2. The lowest BCUT2D eigenvalue weighted by Crippen LogP contribution is -2.36. The number of pyridine rings is 1. The number of benzene rings is 1. The molecule has 0 spiro atoms. The van der Waals surface area contributed by atoms with E-state index >= 15 is 0 Å². The number of carbonyl (C=O) groups excluding carboxylic acids is 1. The minimum Gasteiger partial charge on any atom is -0.476 e. The number of aryl methyl sites for hydroxylation is 1. The molecule has 0 atom stereocenters. The van der Waals surface area contributed by atoms with Crippen LogP contribution < -0.4 is 9.64 Å². The van der Waals surface area contributed by atoms with Crippen molar-refractivity contribution in [1.29, 1.82) is 0 Å². The van der Waals surface area contributed by atoms with Crippen molar-refractivity contribution in [1.82, 2.24) is 9.88 Å². The van der Waals surface area contributed by atoms with Gasteiger partial charge in [-0.15, -0.1) is 5.11 Å². The molecule has 2 aliphatic heterocycles. The zero-order valence-corrected chi connectivity index (χ0v) is 18.0. The van der Waals surface area contributed by atoms with E-state index in [-0.39, 0.29) is 5.91 Å². The standard InChI is InChI=1S/C23H29N5O3/c1-18-4-2-5-19(14-18)17-24-26-21-15-20(27-8-11-30-12-9-27)16-22(25-21)31-13-10-28-7-3-6-23(28)29/h2,4-5,14-16H,3,6-13,17H2,1H3. The first-order valence-corrected chi connectivity index (χ1v) is 10.9. The zero-order valence-electron chi connectivity index (χ0n) is 18.0. The molecule has 0 bridgehead atoms. The van der Waals surface area contributed by atoms with E-state index < -0.39 is 0 Å². The molecule has 164 valence electrons. The van der Waals surface area contributed by atoms with Gasteiger partial charge in [0, 0.05) is 43.9 Å². The van der Waals surface area contributed by atoms with Crippen molar-refractivity contribution < 1.29 is 14.3 Å². The summed E-state index contributed by atoms with van der Waals surface area (Å²) in [6, 6.07) is 12.1. The molecule has 0 unspecified atom stereocenters. The molecule has 0 saturated carbocycles. The van der Waals surface area contributed by atoms with Gasteiger partial charge in [-0.3, -0.25) is 4.79 Å². The molecule has 31 heavy (non-hydrogen) atoms. The Bertz CT molecular complexity index is 927. The Morgan fingerprint density at radius 3 is 2.81 bits per heavy atom. The summed E-state index contributed by atoms with van der Waals surface area (Å²) in [4.78, 5) is 20.4. The molecule has 4 rings (SSSR count). The third-order valence-corrected chi connectivity index (χ3v) is 5.44. The molecule has 0 N–H and O–H groups in total. The van der Waals surface area contributed by atoms with Crippen LogP contribution in [0.25, 0.3) is 0 Å². The summed E-state index contributed by atoms with van der Waals surface area (Å²) in [5, 5.41) is 8.70. The summed E-state index contributed by atoms with van der Waals surface area (Å²) < 4.78 is 11.4. The van der Waals surface area contributed by atoms with E-state index in [9.17, 15) is 4.79 Å². The van der Waals surface area contributed by atoms with Crippen LogP contribution in [-0.2, 0) is 16.1 Å². The van der Waals surface area contributed by atoms with Gasteiger partial charge in [-0.25, -0.2) is 0 Å². The lowest BCUT2D eigenvalue weighted by molar-refractivity contribution is -0.128. The molecule has 0 aliphatic carbocycles. The van der Waals surface area contributed by atoms with Crippen molar-refractivity contribution in [2.75, 3.05) is 50.9 Å². The Kier molecular flexibility index (Phi) is 7.09. The smallest absolute Gasteiger partial charge is 0.222 e. The van der Waals surface area contributed by atoms with Crippen LogP contribution in [0.5, 0.6) is 5.88 Å². The second-order valence-corrected chi connectivity index (χ2v) is 7.84. The highest BCUT2D eigenvalue weighted by atomic mass is 16.5. The number of hydrogen-bond acceptors (Lipinski definition) is 7. The predicted octanol–water partition coefficient (Wildman–Crippen LogP) is 3.51. The van der Waals surface area contributed by atoms with Gasteiger partial charge in [-0.2, -0.15) is 10.1 Å². The van der Waals surface area contributed by atoms with Crippen LogP contribution in [0.15, 0.2) is 46.6 Å². The third-order valence-electron chi connectivity index (χ3n) is 5.44. The van der Waals surface area contributed by atoms with Crippen LogP contribution in [0, 0.1) is 6.92 Å². The van der Waals surface area contributed by atoms with Gasteiger partial charge in [0.15, 0.2) is 5.82 Å². The number of morpholine rings is 1. The number of aromatic nitrogens is 1. The molecular weight excluding hydrogens is 394 g/mol. The van der Waals surface area contributed by atoms with Crippen LogP contribution in [0.3, 0.4) is 0 Å². The molecule has 8 heteroatoms. The average molecular weight is 424 g/mol. The highest BCUT2D eigenvalue weighted by molar-refractivity contribution is 5.78. The second-order valence-electron chi connectivity index (χ2n) is 7.84. The molecule has 2 aliphatic rings. The number of nitrogens with zero attached hydrogens (tertiary/aromatic N) is 5. The maximum Gasteiger partial charge on any atom is 0.222 e. The summed E-state index contributed by atoms with van der Waals surface area (Å²) in [7, 11) is 0. The number of carbonyl (C=O) groups is 1. The van der Waals surface area contributed by atoms with Gasteiger partial charge < -0.3 is 19.3 Å².